The minimum atomic E-state index is 0.942. The van der Waals surface area contributed by atoms with E-state index in [2.05, 4.69) is 20.6 Å². The zero-order chi connectivity index (χ0) is 11.0. The molecule has 0 aromatic rings. The van der Waals surface area contributed by atoms with Crippen molar-refractivity contribution in [2.45, 2.75) is 19.3 Å². The van der Waals surface area contributed by atoms with E-state index in [1.165, 1.54) is 63.9 Å². The van der Waals surface area contributed by atoms with Crippen LogP contribution in [0, 0.1) is 12.3 Å². The van der Waals surface area contributed by atoms with E-state index in [1.54, 1.807) is 0 Å². The lowest BCUT2D eigenvalue weighted by molar-refractivity contribution is -0.980. The fourth-order valence-corrected chi connectivity index (χ4v) is 3.54. The second-order valence-corrected chi connectivity index (χ2v) is 5.59. The van der Waals surface area contributed by atoms with Crippen LogP contribution in [0.25, 0.3) is 0 Å². The molecule has 0 unspecified atom stereocenters. The third kappa shape index (κ3) is 1.85. The first-order valence-corrected chi connectivity index (χ1v) is 6.25. The summed E-state index contributed by atoms with van der Waals surface area (Å²) in [6.45, 7) is 8.60. The number of hydrogen-bond acceptors (Lipinski definition) is 3. The fraction of sp³-hybridized carbons (Fsp3) is 0.833. The summed E-state index contributed by atoms with van der Waals surface area (Å²) < 4.78 is 1.25. The van der Waals surface area contributed by atoms with Crippen LogP contribution in [0.2, 0.25) is 0 Å². The lowest BCUT2D eigenvalue weighted by Crippen LogP contribution is -2.79. The first kappa shape index (κ1) is 10.5. The number of nitrogens with zero attached hydrogens (tertiary/aromatic N) is 4. The van der Waals surface area contributed by atoms with Gasteiger partial charge in [-0.05, 0) is 12.8 Å². The van der Waals surface area contributed by atoms with Gasteiger partial charge in [0.15, 0.2) is 0 Å². The second kappa shape index (κ2) is 4.01. The molecule has 4 heteroatoms. The Balaban J connectivity index is 1.59. The van der Waals surface area contributed by atoms with Crippen LogP contribution in [0.15, 0.2) is 0 Å². The monoisotopic (exact) mass is 221 g/mol. The van der Waals surface area contributed by atoms with Crippen LogP contribution in [-0.4, -0.2) is 65.7 Å². The fourth-order valence-electron chi connectivity index (χ4n) is 3.54. The highest BCUT2D eigenvalue weighted by Gasteiger charge is 2.47. The molecule has 4 rings (SSSR count). The molecule has 88 valence electrons. The van der Waals surface area contributed by atoms with E-state index in [4.69, 9.17) is 6.42 Å². The van der Waals surface area contributed by atoms with E-state index in [1.807, 2.05) is 0 Å². The molecule has 0 saturated carbocycles. The summed E-state index contributed by atoms with van der Waals surface area (Å²) in [5.41, 5.74) is 0. The second-order valence-electron chi connectivity index (χ2n) is 5.59. The molecule has 0 aliphatic carbocycles. The van der Waals surface area contributed by atoms with Crippen molar-refractivity contribution >= 4 is 0 Å². The summed E-state index contributed by atoms with van der Waals surface area (Å²) in [5, 5.41) is 0. The van der Waals surface area contributed by atoms with Crippen molar-refractivity contribution < 1.29 is 4.48 Å². The molecule has 4 fully saturated rings. The van der Waals surface area contributed by atoms with Gasteiger partial charge in [-0.15, -0.1) is 12.3 Å². The summed E-state index contributed by atoms with van der Waals surface area (Å²) in [6, 6.07) is 0. The van der Waals surface area contributed by atoms with Crippen molar-refractivity contribution in [3.8, 4) is 12.3 Å². The van der Waals surface area contributed by atoms with E-state index in [9.17, 15) is 0 Å². The molecule has 16 heavy (non-hydrogen) atoms. The Labute approximate surface area is 98.0 Å². The largest absolute Gasteiger partial charge is 0.286 e. The molecule has 4 bridgehead atoms. The molecule has 4 heterocycles. The van der Waals surface area contributed by atoms with Crippen LogP contribution in [0.4, 0.5) is 0 Å². The molecule has 0 radical (unpaired) electrons. The summed E-state index contributed by atoms with van der Waals surface area (Å²) >= 11 is 0. The van der Waals surface area contributed by atoms with Crippen LogP contribution in [0.3, 0.4) is 0 Å². The third-order valence-electron chi connectivity index (χ3n) is 3.90. The molecular weight excluding hydrogens is 200 g/mol. The summed E-state index contributed by atoms with van der Waals surface area (Å²) in [7, 11) is 0. The van der Waals surface area contributed by atoms with Crippen molar-refractivity contribution in [3.05, 3.63) is 0 Å². The van der Waals surface area contributed by atoms with Crippen molar-refractivity contribution in [3.63, 3.8) is 0 Å². The highest BCUT2D eigenvalue weighted by molar-refractivity contribution is 4.83. The van der Waals surface area contributed by atoms with Gasteiger partial charge >= 0.3 is 0 Å². The topological polar surface area (TPSA) is 9.72 Å². The molecule has 4 aliphatic rings. The maximum absolute atomic E-state index is 5.30. The zero-order valence-electron chi connectivity index (χ0n) is 9.94. The van der Waals surface area contributed by atoms with Gasteiger partial charge in [0.25, 0.3) is 0 Å². The van der Waals surface area contributed by atoms with E-state index < -0.39 is 0 Å². The molecule has 0 atom stereocenters. The molecule has 4 aliphatic heterocycles. The maximum atomic E-state index is 5.30. The Hall–Kier alpha value is -0.600. The quantitative estimate of drug-likeness (QED) is 0.384. The van der Waals surface area contributed by atoms with Crippen LogP contribution < -0.4 is 0 Å². The van der Waals surface area contributed by atoms with Crippen molar-refractivity contribution in [2.24, 2.45) is 0 Å². The Morgan fingerprint density at radius 1 is 0.938 bits per heavy atom. The van der Waals surface area contributed by atoms with Gasteiger partial charge in [-0.3, -0.25) is 4.48 Å². The number of quaternary nitrogens is 1. The van der Waals surface area contributed by atoms with Crippen molar-refractivity contribution in [2.75, 3.05) is 46.6 Å². The SMILES string of the molecule is C#CCCCC[N+]12CN3CN(CN(C3)C1)C2. The van der Waals surface area contributed by atoms with E-state index in [0.717, 1.165) is 6.42 Å². The Morgan fingerprint density at radius 3 is 2.00 bits per heavy atom. The molecule has 0 aromatic carbocycles. The Kier molecular flexibility index (Phi) is 2.64. The lowest BCUT2D eigenvalue weighted by atomic mass is 10.2. The molecular formula is C12H21N4+. The smallest absolute Gasteiger partial charge is 0.139 e. The highest BCUT2D eigenvalue weighted by Crippen LogP contribution is 2.28. The number of rotatable bonds is 4. The first-order chi connectivity index (χ1) is 7.80. The third-order valence-corrected chi connectivity index (χ3v) is 3.90. The van der Waals surface area contributed by atoms with Gasteiger partial charge in [0.05, 0.1) is 26.6 Å². The summed E-state index contributed by atoms with van der Waals surface area (Å²) in [6.07, 6.45) is 8.71. The minimum Gasteiger partial charge on any atom is -0.286 e. The normalized spacial score (nSPS) is 44.6. The van der Waals surface area contributed by atoms with Gasteiger partial charge in [-0.2, -0.15) is 0 Å². The first-order valence-electron chi connectivity index (χ1n) is 6.25. The van der Waals surface area contributed by atoms with Crippen LogP contribution in [-0.2, 0) is 0 Å². The predicted molar refractivity (Wildman–Crippen MR) is 62.5 cm³/mol. The highest BCUT2D eigenvalue weighted by atomic mass is 15.7. The predicted octanol–water partition coefficient (Wildman–Crippen LogP) is 0.298. The average molecular weight is 221 g/mol. The van der Waals surface area contributed by atoms with Crippen LogP contribution >= 0.6 is 0 Å². The minimum absolute atomic E-state index is 0.942. The van der Waals surface area contributed by atoms with Gasteiger partial charge in [0.1, 0.15) is 20.0 Å². The summed E-state index contributed by atoms with van der Waals surface area (Å²) in [5.74, 6) is 2.74. The van der Waals surface area contributed by atoms with Gasteiger partial charge in [-0.1, -0.05) is 0 Å². The van der Waals surface area contributed by atoms with Gasteiger partial charge in [0, 0.05) is 6.42 Å². The number of unbranched alkanes of at least 4 members (excludes halogenated alkanes) is 2. The standard InChI is InChI=1S/C12H21N4/c1-2-3-4-5-6-16-10-13-7-14(11-16)9-15(8-13)12-16/h1H,3-12H2/q+1. The van der Waals surface area contributed by atoms with Crippen LogP contribution in [0.1, 0.15) is 19.3 Å². The maximum Gasteiger partial charge on any atom is 0.139 e. The number of hydrogen-bond donors (Lipinski definition) is 0. The molecule has 0 amide bonds. The average Bonchev–Trinajstić information content (AvgIpc) is 2.22. The van der Waals surface area contributed by atoms with Gasteiger partial charge < -0.3 is 0 Å². The van der Waals surface area contributed by atoms with E-state index in [-0.39, 0.29) is 0 Å². The van der Waals surface area contributed by atoms with Gasteiger partial charge in [-0.25, -0.2) is 14.7 Å². The van der Waals surface area contributed by atoms with Crippen molar-refractivity contribution in [1.29, 1.82) is 0 Å². The Morgan fingerprint density at radius 2 is 1.50 bits per heavy atom. The molecule has 0 spiro atoms. The van der Waals surface area contributed by atoms with Gasteiger partial charge in [0.2, 0.25) is 0 Å². The summed E-state index contributed by atoms with van der Waals surface area (Å²) in [4.78, 5) is 7.70. The van der Waals surface area contributed by atoms with E-state index >= 15 is 0 Å². The van der Waals surface area contributed by atoms with Crippen LogP contribution in [0.5, 0.6) is 0 Å². The van der Waals surface area contributed by atoms with Crippen molar-refractivity contribution in [1.82, 2.24) is 14.7 Å². The van der Waals surface area contributed by atoms with E-state index in [0.29, 0.717) is 0 Å². The number of terminal acetylenes is 1. The zero-order valence-corrected chi connectivity index (χ0v) is 9.94. The Bertz CT molecular complexity index is 271. The molecule has 0 aromatic heterocycles. The molecule has 4 saturated heterocycles. The lowest BCUT2D eigenvalue weighted by Gasteiger charge is -2.60. The molecule has 0 N–H and O–H groups in total. The molecule has 4 nitrogen and oxygen atoms in total.